The molecule has 0 saturated heterocycles. The summed E-state index contributed by atoms with van der Waals surface area (Å²) < 4.78 is 2.43. The van der Waals surface area contributed by atoms with Gasteiger partial charge in [-0.15, -0.1) is 0 Å². The lowest BCUT2D eigenvalue weighted by Gasteiger charge is -2.07. The Morgan fingerprint density at radius 2 is 1.71 bits per heavy atom. The summed E-state index contributed by atoms with van der Waals surface area (Å²) in [6.45, 7) is 3.42. The number of fused-ring (bicyclic) bond motifs is 3. The van der Waals surface area contributed by atoms with Gasteiger partial charge in [0.1, 0.15) is 0 Å². The van der Waals surface area contributed by atoms with Crippen molar-refractivity contribution in [2.75, 3.05) is 0 Å². The molecule has 0 bridgehead atoms. The largest absolute Gasteiger partial charge is 0.392 e. The van der Waals surface area contributed by atoms with Crippen LogP contribution < -0.4 is 0 Å². The van der Waals surface area contributed by atoms with Crippen LogP contribution in [0.4, 0.5) is 0 Å². The molecule has 0 unspecified atom stereocenters. The van der Waals surface area contributed by atoms with Crippen molar-refractivity contribution in [1.82, 2.24) is 4.57 Å². The molecule has 1 aromatic heterocycles. The van der Waals surface area contributed by atoms with E-state index in [0.717, 1.165) is 12.1 Å². The summed E-state index contributed by atoms with van der Waals surface area (Å²) in [4.78, 5) is 0. The molecule has 0 amide bonds. The van der Waals surface area contributed by atoms with E-state index in [9.17, 15) is 5.11 Å². The quantitative estimate of drug-likeness (QED) is 0.641. The summed E-state index contributed by atoms with van der Waals surface area (Å²) in [5.74, 6) is 0. The highest BCUT2D eigenvalue weighted by Crippen LogP contribution is 2.30. The zero-order chi connectivity index (χ0) is 14.7. The van der Waals surface area contributed by atoms with Crippen molar-refractivity contribution in [3.8, 4) is 0 Å². The standard InChI is InChI=1S/C19H23NO/c1-2-3-4-7-12-20-18-9-6-5-8-16(18)17-13-15(14-21)10-11-19(17)20/h5-6,8-11,13,21H,2-4,7,12,14H2,1H3. The molecule has 2 aromatic carbocycles. The van der Waals surface area contributed by atoms with E-state index in [4.69, 9.17) is 0 Å². The smallest absolute Gasteiger partial charge is 0.0682 e. The van der Waals surface area contributed by atoms with Crippen molar-refractivity contribution >= 4 is 21.8 Å². The summed E-state index contributed by atoms with van der Waals surface area (Å²) in [5.41, 5.74) is 3.57. The summed E-state index contributed by atoms with van der Waals surface area (Å²) >= 11 is 0. The number of unbranched alkanes of at least 4 members (excludes halogenated alkanes) is 3. The fourth-order valence-electron chi connectivity index (χ4n) is 3.14. The number of rotatable bonds is 6. The molecule has 3 aromatic rings. The highest BCUT2D eigenvalue weighted by Gasteiger charge is 2.10. The third-order valence-electron chi connectivity index (χ3n) is 4.25. The lowest BCUT2D eigenvalue weighted by Crippen LogP contribution is -1.97. The van der Waals surface area contributed by atoms with Crippen molar-refractivity contribution in [2.45, 2.75) is 45.8 Å². The van der Waals surface area contributed by atoms with Crippen LogP contribution in [0.3, 0.4) is 0 Å². The molecule has 0 aliphatic heterocycles. The van der Waals surface area contributed by atoms with Crippen LogP contribution in [0, 0.1) is 0 Å². The lowest BCUT2D eigenvalue weighted by atomic mass is 10.1. The first-order valence-electron chi connectivity index (χ1n) is 7.96. The van der Waals surface area contributed by atoms with Gasteiger partial charge in [0.25, 0.3) is 0 Å². The Morgan fingerprint density at radius 3 is 2.52 bits per heavy atom. The maximum absolute atomic E-state index is 9.37. The monoisotopic (exact) mass is 281 g/mol. The molecule has 0 aliphatic rings. The van der Waals surface area contributed by atoms with Crippen LogP contribution in [-0.2, 0) is 13.2 Å². The summed E-state index contributed by atoms with van der Waals surface area (Å²) in [5, 5.41) is 11.9. The van der Waals surface area contributed by atoms with Crippen LogP contribution in [-0.4, -0.2) is 9.67 Å². The Morgan fingerprint density at radius 1 is 0.905 bits per heavy atom. The van der Waals surface area contributed by atoms with Gasteiger partial charge in [0, 0.05) is 28.4 Å². The molecular formula is C19H23NO. The maximum atomic E-state index is 9.37. The van der Waals surface area contributed by atoms with Gasteiger partial charge in [-0.1, -0.05) is 50.5 Å². The fraction of sp³-hybridized carbons (Fsp3) is 0.368. The number of aryl methyl sites for hydroxylation is 1. The minimum absolute atomic E-state index is 0.103. The molecule has 21 heavy (non-hydrogen) atoms. The van der Waals surface area contributed by atoms with E-state index in [1.807, 2.05) is 6.07 Å². The molecular weight excluding hydrogens is 258 g/mol. The van der Waals surface area contributed by atoms with Gasteiger partial charge in [-0.2, -0.15) is 0 Å². The number of aromatic nitrogens is 1. The highest BCUT2D eigenvalue weighted by atomic mass is 16.3. The lowest BCUT2D eigenvalue weighted by molar-refractivity contribution is 0.282. The highest BCUT2D eigenvalue weighted by molar-refractivity contribution is 6.08. The average molecular weight is 281 g/mol. The summed E-state index contributed by atoms with van der Waals surface area (Å²) in [7, 11) is 0. The number of aliphatic hydroxyl groups excluding tert-OH is 1. The second-order valence-corrected chi connectivity index (χ2v) is 5.74. The normalized spacial score (nSPS) is 11.5. The number of nitrogens with zero attached hydrogens (tertiary/aromatic N) is 1. The summed E-state index contributed by atoms with van der Waals surface area (Å²) in [6, 6.07) is 14.9. The second-order valence-electron chi connectivity index (χ2n) is 5.74. The zero-order valence-electron chi connectivity index (χ0n) is 12.7. The van der Waals surface area contributed by atoms with Crippen molar-refractivity contribution in [3.05, 3.63) is 48.0 Å². The average Bonchev–Trinajstić information content (AvgIpc) is 2.85. The molecule has 2 nitrogen and oxygen atoms in total. The molecule has 0 atom stereocenters. The molecule has 0 radical (unpaired) electrons. The van der Waals surface area contributed by atoms with Crippen LogP contribution in [0.2, 0.25) is 0 Å². The van der Waals surface area contributed by atoms with Gasteiger partial charge in [-0.3, -0.25) is 0 Å². The Labute approximate surface area is 126 Å². The minimum atomic E-state index is 0.103. The van der Waals surface area contributed by atoms with Crippen molar-refractivity contribution in [3.63, 3.8) is 0 Å². The van der Waals surface area contributed by atoms with Gasteiger partial charge in [0.2, 0.25) is 0 Å². The predicted molar refractivity (Wildman–Crippen MR) is 89.5 cm³/mol. The molecule has 0 saturated carbocycles. The van der Waals surface area contributed by atoms with Gasteiger partial charge in [0.15, 0.2) is 0 Å². The number of benzene rings is 2. The summed E-state index contributed by atoms with van der Waals surface area (Å²) in [6.07, 6.45) is 5.10. The topological polar surface area (TPSA) is 25.2 Å². The first-order chi connectivity index (χ1) is 10.3. The fourth-order valence-corrected chi connectivity index (χ4v) is 3.14. The molecule has 110 valence electrons. The molecule has 0 spiro atoms. The van der Waals surface area contributed by atoms with Crippen molar-refractivity contribution in [1.29, 1.82) is 0 Å². The molecule has 2 heteroatoms. The van der Waals surface area contributed by atoms with E-state index in [1.54, 1.807) is 0 Å². The maximum Gasteiger partial charge on any atom is 0.0682 e. The van der Waals surface area contributed by atoms with Crippen LogP contribution in [0.15, 0.2) is 42.5 Å². The Hall–Kier alpha value is -1.80. The minimum Gasteiger partial charge on any atom is -0.392 e. The first kappa shape index (κ1) is 14.2. The SMILES string of the molecule is CCCCCCn1c2ccccc2c2cc(CO)ccc21. The van der Waals surface area contributed by atoms with Gasteiger partial charge in [0.05, 0.1) is 6.61 Å². The molecule has 1 heterocycles. The second kappa shape index (κ2) is 6.31. The van der Waals surface area contributed by atoms with Crippen molar-refractivity contribution < 1.29 is 5.11 Å². The number of hydrogen-bond acceptors (Lipinski definition) is 1. The van der Waals surface area contributed by atoms with E-state index < -0.39 is 0 Å². The van der Waals surface area contributed by atoms with Crippen molar-refractivity contribution in [2.24, 2.45) is 0 Å². The predicted octanol–water partition coefficient (Wildman–Crippen LogP) is 4.87. The third-order valence-corrected chi connectivity index (χ3v) is 4.25. The Bertz CT molecular complexity index is 742. The van der Waals surface area contributed by atoms with Gasteiger partial charge in [-0.05, 0) is 30.2 Å². The molecule has 1 N–H and O–H groups in total. The van der Waals surface area contributed by atoms with Crippen LogP contribution >= 0.6 is 0 Å². The van der Waals surface area contributed by atoms with E-state index in [-0.39, 0.29) is 6.61 Å². The zero-order valence-corrected chi connectivity index (χ0v) is 12.7. The molecule has 0 fully saturated rings. The molecule has 0 aliphatic carbocycles. The van der Waals surface area contributed by atoms with Gasteiger partial charge in [-0.25, -0.2) is 0 Å². The van der Waals surface area contributed by atoms with Gasteiger partial charge < -0.3 is 9.67 Å². The van der Waals surface area contributed by atoms with Crippen LogP contribution in [0.25, 0.3) is 21.8 Å². The van der Waals surface area contributed by atoms with E-state index in [2.05, 4.69) is 47.9 Å². The number of para-hydroxylation sites is 1. The third kappa shape index (κ3) is 2.68. The van der Waals surface area contributed by atoms with E-state index in [0.29, 0.717) is 0 Å². The molecule has 3 rings (SSSR count). The Balaban J connectivity index is 2.07. The van der Waals surface area contributed by atoms with Crippen LogP contribution in [0.5, 0.6) is 0 Å². The van der Waals surface area contributed by atoms with E-state index in [1.165, 1.54) is 47.5 Å². The van der Waals surface area contributed by atoms with Gasteiger partial charge >= 0.3 is 0 Å². The van der Waals surface area contributed by atoms with E-state index >= 15 is 0 Å². The number of hydrogen-bond donors (Lipinski definition) is 1. The first-order valence-corrected chi connectivity index (χ1v) is 7.96. The Kier molecular flexibility index (Phi) is 4.26. The number of aliphatic hydroxyl groups is 1. The van der Waals surface area contributed by atoms with Crippen LogP contribution in [0.1, 0.15) is 38.2 Å².